The van der Waals surface area contributed by atoms with Crippen LogP contribution in [0.2, 0.25) is 0 Å². The van der Waals surface area contributed by atoms with Gasteiger partial charge in [-0.2, -0.15) is 20.8 Å². The summed E-state index contributed by atoms with van der Waals surface area (Å²) in [7, 11) is 8.00. The van der Waals surface area contributed by atoms with E-state index in [9.17, 15) is 0 Å². The van der Waals surface area contributed by atoms with E-state index < -0.39 is 0 Å². The molecule has 0 fully saturated rings. The number of rotatable bonds is 0. The topological polar surface area (TPSA) is 0 Å². The van der Waals surface area contributed by atoms with Crippen molar-refractivity contribution in [1.82, 2.24) is 0 Å². The summed E-state index contributed by atoms with van der Waals surface area (Å²) < 4.78 is 0. The Bertz CT molecular complexity index is 16.8. The third kappa shape index (κ3) is 82.1. The maximum absolute atomic E-state index is 4.00. The van der Waals surface area contributed by atoms with E-state index >= 15 is 0 Å². The molecule has 0 saturated carbocycles. The maximum atomic E-state index is 4.00. The summed E-state index contributed by atoms with van der Waals surface area (Å²) >= 11 is 0. The summed E-state index contributed by atoms with van der Waals surface area (Å²) in [6.07, 6.45) is 0. The minimum Gasteiger partial charge on any atom is -0.323 e. The largest absolute Gasteiger partial charge is 0.323 e. The van der Waals surface area contributed by atoms with E-state index in [0.717, 1.165) is 0 Å². The van der Waals surface area contributed by atoms with Crippen molar-refractivity contribution in [2.24, 2.45) is 0 Å². The zero-order chi connectivity index (χ0) is 5.58. The van der Waals surface area contributed by atoms with Gasteiger partial charge < -0.3 is 5.92 Å². The standard InChI is InChI=1S/C4H9.B2.2Y/c1-4(2)3;1-2;;/h1-3H3;;;/q-1;;;. The molecule has 0 bridgehead atoms. The molecule has 0 aliphatic rings. The van der Waals surface area contributed by atoms with Crippen LogP contribution in [0.5, 0.6) is 0 Å². The quantitative estimate of drug-likeness (QED) is 0.445. The van der Waals surface area contributed by atoms with Crippen LogP contribution in [0.4, 0.5) is 0 Å². The SMILES string of the molecule is C[C-](C)C.[B][B].[Y].[Y]. The van der Waals surface area contributed by atoms with Crippen LogP contribution in [-0.4, -0.2) is 15.5 Å². The average Bonchev–Trinajstić information content (AvgIpc) is 1.41. The number of hydrogen-bond acceptors (Lipinski definition) is 0. The molecule has 0 aliphatic carbocycles. The van der Waals surface area contributed by atoms with Crippen molar-refractivity contribution in [3.8, 4) is 0 Å². The predicted octanol–water partition coefficient (Wildman–Crippen LogP) is 0.854. The second kappa shape index (κ2) is 22.8. The first-order valence-electron chi connectivity index (χ1n) is 1.83. The maximum Gasteiger partial charge on any atom is 0 e. The van der Waals surface area contributed by atoms with Crippen LogP contribution in [0.1, 0.15) is 20.8 Å². The Labute approximate surface area is 106 Å². The van der Waals surface area contributed by atoms with E-state index in [0.29, 0.717) is 0 Å². The van der Waals surface area contributed by atoms with Gasteiger partial charge in [-0.05, 0) is 0 Å². The third-order valence-corrected chi connectivity index (χ3v) is 0. The van der Waals surface area contributed by atoms with Crippen LogP contribution < -0.4 is 0 Å². The van der Waals surface area contributed by atoms with Crippen molar-refractivity contribution in [1.29, 1.82) is 0 Å². The van der Waals surface area contributed by atoms with Gasteiger partial charge >= 0.3 is 0 Å². The molecule has 0 aromatic rings. The van der Waals surface area contributed by atoms with Crippen LogP contribution in [0.25, 0.3) is 0 Å². The monoisotopic (exact) mass is 257 g/mol. The second-order valence-electron chi connectivity index (χ2n) is 1.50. The zero-order valence-corrected chi connectivity index (χ0v) is 11.5. The first kappa shape index (κ1) is 22.4. The van der Waals surface area contributed by atoms with Crippen molar-refractivity contribution in [2.75, 3.05) is 0 Å². The van der Waals surface area contributed by atoms with Crippen LogP contribution in [0.3, 0.4) is 0 Å². The molecule has 0 N–H and O–H groups in total. The van der Waals surface area contributed by atoms with E-state index in [-0.39, 0.29) is 65.4 Å². The molecule has 0 saturated heterocycles. The average molecular weight is 257 g/mol. The van der Waals surface area contributed by atoms with Gasteiger partial charge in [0.25, 0.3) is 0 Å². The van der Waals surface area contributed by atoms with Crippen LogP contribution >= 0.6 is 0 Å². The Hall–Kier alpha value is 2.34. The summed E-state index contributed by atoms with van der Waals surface area (Å²) in [5.41, 5.74) is 0. The molecule has 0 unspecified atom stereocenters. The van der Waals surface area contributed by atoms with E-state index in [1.54, 1.807) is 0 Å². The molecule has 0 heterocycles. The molecular weight excluding hydrogens is 247 g/mol. The van der Waals surface area contributed by atoms with E-state index in [1.165, 1.54) is 5.92 Å². The van der Waals surface area contributed by atoms with Crippen molar-refractivity contribution >= 4 is 15.5 Å². The Morgan fingerprint density at radius 2 is 0.875 bits per heavy atom. The van der Waals surface area contributed by atoms with Gasteiger partial charge in [0.15, 0.2) is 0 Å². The summed E-state index contributed by atoms with van der Waals surface area (Å²) in [5.74, 6) is 1.42. The fourth-order valence-electron chi connectivity index (χ4n) is 0. The molecule has 0 rings (SSSR count). The van der Waals surface area contributed by atoms with Crippen molar-refractivity contribution in [2.45, 2.75) is 20.8 Å². The molecule has 0 aromatic carbocycles. The van der Waals surface area contributed by atoms with E-state index in [1.807, 2.05) is 0 Å². The van der Waals surface area contributed by atoms with Crippen LogP contribution in [-0.2, 0) is 65.4 Å². The molecular formula is C4H9B2Y2-. The fourth-order valence-corrected chi connectivity index (χ4v) is 0. The smallest absolute Gasteiger partial charge is 0 e. The van der Waals surface area contributed by atoms with Gasteiger partial charge in [-0.1, -0.05) is 0 Å². The second-order valence-corrected chi connectivity index (χ2v) is 1.50. The van der Waals surface area contributed by atoms with Gasteiger partial charge in [-0.15, -0.1) is 0 Å². The molecule has 8 heavy (non-hydrogen) atoms. The molecule has 0 aromatic heterocycles. The van der Waals surface area contributed by atoms with Crippen molar-refractivity contribution in [3.63, 3.8) is 0 Å². The molecule has 6 radical (unpaired) electrons. The molecule has 0 spiro atoms. The van der Waals surface area contributed by atoms with E-state index in [4.69, 9.17) is 0 Å². The Morgan fingerprint density at radius 1 is 0.875 bits per heavy atom. The fraction of sp³-hybridized carbons (Fsp3) is 0.750. The van der Waals surface area contributed by atoms with Gasteiger partial charge in [-0.25, -0.2) is 0 Å². The normalized spacial score (nSPS) is 5.00. The third-order valence-electron chi connectivity index (χ3n) is 0. The molecule has 0 amide bonds. The van der Waals surface area contributed by atoms with Gasteiger partial charge in [-0.3, -0.25) is 0 Å². The predicted molar refractivity (Wildman–Crippen MR) is 31.8 cm³/mol. The van der Waals surface area contributed by atoms with Crippen LogP contribution in [0, 0.1) is 5.92 Å². The summed E-state index contributed by atoms with van der Waals surface area (Å²) in [6.45, 7) is 6.25. The minimum absolute atomic E-state index is 0. The molecule has 4 heteroatoms. The summed E-state index contributed by atoms with van der Waals surface area (Å²) in [6, 6.07) is 0. The summed E-state index contributed by atoms with van der Waals surface area (Å²) in [4.78, 5) is 0. The Kier molecular flexibility index (Phi) is 63.9. The van der Waals surface area contributed by atoms with Crippen molar-refractivity contribution < 1.29 is 65.4 Å². The van der Waals surface area contributed by atoms with Crippen molar-refractivity contribution in [3.05, 3.63) is 5.92 Å². The first-order chi connectivity index (χ1) is 2.73. The summed E-state index contributed by atoms with van der Waals surface area (Å²) in [5, 5.41) is 0. The molecule has 0 aliphatic heterocycles. The number of hydrogen-bond donors (Lipinski definition) is 0. The molecule has 0 atom stereocenters. The first-order valence-corrected chi connectivity index (χ1v) is 1.83. The Morgan fingerprint density at radius 3 is 0.875 bits per heavy atom. The molecule has 0 nitrogen and oxygen atoms in total. The van der Waals surface area contributed by atoms with Gasteiger partial charge in [0.05, 0.1) is 0 Å². The minimum atomic E-state index is 0. The Balaban J connectivity index is -0.0000000183. The van der Waals surface area contributed by atoms with Gasteiger partial charge in [0.2, 0.25) is 0 Å². The van der Waals surface area contributed by atoms with Gasteiger partial charge in [0, 0.05) is 80.9 Å². The van der Waals surface area contributed by atoms with E-state index in [2.05, 4.69) is 36.2 Å². The zero-order valence-electron chi connectivity index (χ0n) is 5.81. The van der Waals surface area contributed by atoms with Gasteiger partial charge in [0.1, 0.15) is 0 Å². The van der Waals surface area contributed by atoms with Crippen LogP contribution in [0.15, 0.2) is 0 Å². The molecule has 38 valence electrons.